The Morgan fingerprint density at radius 3 is 1.62 bits per heavy atom. The van der Waals surface area contributed by atoms with E-state index in [2.05, 4.69) is 170 Å². The van der Waals surface area contributed by atoms with Crippen LogP contribution in [0.15, 0.2) is 170 Å². The smallest absolute Gasteiger partial charge is 0.149 e. The first kappa shape index (κ1) is 41.2. The Bertz CT molecular complexity index is 3520. The lowest BCUT2D eigenvalue weighted by atomic mass is 9.79. The van der Waals surface area contributed by atoms with Crippen LogP contribution in [-0.4, -0.2) is 19.6 Å². The number of aromatic hydroxyl groups is 1. The predicted octanol–water partition coefficient (Wildman–Crippen LogP) is 17.3. The molecule has 4 nitrogen and oxygen atoms in total. The molecule has 68 heavy (non-hydrogen) atoms. The molecular formula is C64H65N3O. The molecule has 9 rings (SSSR count). The zero-order valence-corrected chi connectivity index (χ0v) is 41.6. The number of nitrogens with zero attached hydrogens (tertiary/aromatic N) is 3. The monoisotopic (exact) mass is 896 g/mol. The van der Waals surface area contributed by atoms with Crippen molar-refractivity contribution < 1.29 is 10.6 Å². The second kappa shape index (κ2) is 17.2. The molecule has 0 aliphatic heterocycles. The fraction of sp³-hybridized carbons (Fsp3) is 0.250. The first-order chi connectivity index (χ1) is 33.8. The van der Waals surface area contributed by atoms with Gasteiger partial charge in [-0.1, -0.05) is 192 Å². The van der Waals surface area contributed by atoms with Gasteiger partial charge in [0.2, 0.25) is 0 Å². The maximum Gasteiger partial charge on any atom is 0.149 e. The summed E-state index contributed by atoms with van der Waals surface area (Å²) in [6.45, 7) is 25.5. The lowest BCUT2D eigenvalue weighted by Gasteiger charge is -2.28. The Morgan fingerprint density at radius 1 is 0.441 bits per heavy atom. The molecule has 0 atom stereocenters. The number of pyridine rings is 1. The zero-order chi connectivity index (χ0) is 51.8. The van der Waals surface area contributed by atoms with E-state index in [9.17, 15) is 5.11 Å². The summed E-state index contributed by atoms with van der Waals surface area (Å²) in [6.07, 6.45) is 1.68. The summed E-state index contributed by atoms with van der Waals surface area (Å²) in [7, 11) is 0. The van der Waals surface area contributed by atoms with E-state index < -0.39 is 5.41 Å². The third-order valence-electron chi connectivity index (χ3n) is 12.9. The molecule has 0 bridgehead atoms. The topological polar surface area (TPSA) is 50.9 Å². The van der Waals surface area contributed by atoms with Crippen LogP contribution in [-0.2, 0) is 21.7 Å². The van der Waals surface area contributed by atoms with E-state index in [-0.39, 0.29) is 51.7 Å². The molecule has 0 radical (unpaired) electrons. The van der Waals surface area contributed by atoms with Crippen LogP contribution < -0.4 is 0 Å². The molecule has 0 aliphatic rings. The van der Waals surface area contributed by atoms with Gasteiger partial charge in [-0.15, -0.1) is 0 Å². The summed E-state index contributed by atoms with van der Waals surface area (Å²) >= 11 is 0. The van der Waals surface area contributed by atoms with Crippen molar-refractivity contribution >= 4 is 11.0 Å². The highest BCUT2D eigenvalue weighted by atomic mass is 16.3. The molecule has 4 heteroatoms. The van der Waals surface area contributed by atoms with Gasteiger partial charge in [-0.25, -0.2) is 4.98 Å². The Balaban J connectivity index is 1.34. The van der Waals surface area contributed by atoms with Gasteiger partial charge in [0.25, 0.3) is 0 Å². The van der Waals surface area contributed by atoms with Crippen molar-refractivity contribution in [3.8, 4) is 78.6 Å². The lowest BCUT2D eigenvalue weighted by Crippen LogP contribution is -2.17. The van der Waals surface area contributed by atoms with Gasteiger partial charge in [0.15, 0.2) is 0 Å². The fourth-order valence-electron chi connectivity index (χ4n) is 8.86. The standard InChI is InChI=1S/C64H65N3O/c1-61(2,3)49-28-26-43(27-29-49)44-30-31-65-56(37-44)48-33-45(41-20-15-13-16-21-41)32-47(34-48)53-24-19-25-57-58(53)66-60(54-39-51(63(7,8)9)40-55(59(54)68)64(10,11)12)67(57)52-36-46(42-22-17-14-18-23-42)35-50(38-52)62(4,5)6/h13-40,68H,1-12H3/i26D,27D,28D,29D. The third kappa shape index (κ3) is 9.17. The summed E-state index contributed by atoms with van der Waals surface area (Å²) in [4.78, 5) is 10.6. The van der Waals surface area contributed by atoms with Gasteiger partial charge < -0.3 is 5.11 Å². The normalized spacial score (nSPS) is 13.3. The number of hydrogen-bond acceptors (Lipinski definition) is 3. The largest absolute Gasteiger partial charge is 0.507 e. The Kier molecular flexibility index (Phi) is 10.4. The minimum Gasteiger partial charge on any atom is -0.507 e. The van der Waals surface area contributed by atoms with Crippen molar-refractivity contribution in [3.05, 3.63) is 192 Å². The molecule has 0 fully saturated rings. The van der Waals surface area contributed by atoms with Crippen molar-refractivity contribution in [1.29, 1.82) is 0 Å². The maximum absolute atomic E-state index is 12.6. The lowest BCUT2D eigenvalue weighted by molar-refractivity contribution is 0.446. The van der Waals surface area contributed by atoms with Crippen LogP contribution in [0.4, 0.5) is 0 Å². The Labute approximate surface area is 410 Å². The van der Waals surface area contributed by atoms with E-state index in [0.29, 0.717) is 28.2 Å². The van der Waals surface area contributed by atoms with Gasteiger partial charge in [-0.2, -0.15) is 0 Å². The quantitative estimate of drug-likeness (QED) is 0.173. The number of benzene rings is 7. The summed E-state index contributed by atoms with van der Waals surface area (Å²) in [5.41, 5.74) is 13.5. The molecule has 0 aliphatic carbocycles. The highest BCUT2D eigenvalue weighted by Gasteiger charge is 2.29. The molecular weight excluding hydrogens is 827 g/mol. The van der Waals surface area contributed by atoms with E-state index in [1.54, 1.807) is 12.3 Å². The number of imidazole rings is 1. The van der Waals surface area contributed by atoms with Gasteiger partial charge in [-0.05, 0) is 132 Å². The van der Waals surface area contributed by atoms with Crippen LogP contribution in [0.25, 0.3) is 83.9 Å². The zero-order valence-electron chi connectivity index (χ0n) is 45.6. The van der Waals surface area contributed by atoms with Crippen molar-refractivity contribution in [3.63, 3.8) is 0 Å². The Morgan fingerprint density at radius 2 is 1.01 bits per heavy atom. The average Bonchev–Trinajstić information content (AvgIpc) is 3.72. The van der Waals surface area contributed by atoms with Crippen LogP contribution in [0, 0.1) is 0 Å². The molecule has 342 valence electrons. The summed E-state index contributed by atoms with van der Waals surface area (Å²) in [6, 6.07) is 47.9. The number of rotatable bonds is 7. The van der Waals surface area contributed by atoms with Crippen LogP contribution in [0.5, 0.6) is 5.75 Å². The summed E-state index contributed by atoms with van der Waals surface area (Å²) < 4.78 is 38.5. The number of phenolic OH excluding ortho intramolecular Hbond substituents is 1. The number of para-hydroxylation sites is 1. The molecule has 7 aromatic carbocycles. The van der Waals surface area contributed by atoms with E-state index >= 15 is 0 Å². The summed E-state index contributed by atoms with van der Waals surface area (Å²) in [5.74, 6) is 0.834. The first-order valence-corrected chi connectivity index (χ1v) is 23.7. The molecule has 0 spiro atoms. The SMILES string of the molecule is [2H]c1c([2H])c(C(C)(C)C)c([2H])c([2H])c1-c1ccnc(-c2cc(-c3ccccc3)cc(-c3cccc4c3nc(-c3cc(C(C)(C)C)cc(C(C)(C)C)c3O)n4-c3cc(-c4ccccc4)cc(C(C)(C)C)c3)c2)c1. The average molecular weight is 896 g/mol. The highest BCUT2D eigenvalue weighted by Crippen LogP contribution is 2.46. The van der Waals surface area contributed by atoms with Gasteiger partial charge in [0, 0.05) is 28.6 Å². The van der Waals surface area contributed by atoms with Gasteiger partial charge in [-0.3, -0.25) is 9.55 Å². The van der Waals surface area contributed by atoms with Crippen LogP contribution in [0.2, 0.25) is 0 Å². The van der Waals surface area contributed by atoms with Crippen molar-refractivity contribution in [2.75, 3.05) is 0 Å². The minimum absolute atomic E-state index is 0.0355. The second-order valence-electron chi connectivity index (χ2n) is 22.3. The molecule has 9 aromatic rings. The maximum atomic E-state index is 12.6. The van der Waals surface area contributed by atoms with Gasteiger partial charge in [0.05, 0.1) is 27.8 Å². The minimum atomic E-state index is -0.580. The highest BCUT2D eigenvalue weighted by molar-refractivity contribution is 5.98. The number of hydrogen-bond donors (Lipinski definition) is 1. The van der Waals surface area contributed by atoms with Crippen molar-refractivity contribution in [2.24, 2.45) is 0 Å². The second-order valence-corrected chi connectivity index (χ2v) is 22.3. The summed E-state index contributed by atoms with van der Waals surface area (Å²) in [5, 5.41) is 12.6. The molecule has 2 aromatic heterocycles. The van der Waals surface area contributed by atoms with E-state index in [1.165, 1.54) is 5.56 Å². The van der Waals surface area contributed by atoms with Crippen molar-refractivity contribution in [1.82, 2.24) is 14.5 Å². The van der Waals surface area contributed by atoms with Crippen molar-refractivity contribution in [2.45, 2.75) is 105 Å². The van der Waals surface area contributed by atoms with Gasteiger partial charge >= 0.3 is 0 Å². The fourth-order valence-corrected chi connectivity index (χ4v) is 8.86. The number of fused-ring (bicyclic) bond motifs is 1. The molecule has 0 amide bonds. The Hall–Kier alpha value is -7.04. The molecule has 0 unspecified atom stereocenters. The molecule has 0 saturated carbocycles. The van der Waals surface area contributed by atoms with E-state index in [1.807, 2.05) is 51.1 Å². The van der Waals surface area contributed by atoms with Gasteiger partial charge in [0.1, 0.15) is 11.6 Å². The predicted molar refractivity (Wildman–Crippen MR) is 288 cm³/mol. The van der Waals surface area contributed by atoms with E-state index in [4.69, 9.17) is 15.5 Å². The number of phenols is 1. The third-order valence-corrected chi connectivity index (χ3v) is 12.9. The van der Waals surface area contributed by atoms with Crippen LogP contribution in [0.3, 0.4) is 0 Å². The molecule has 0 saturated heterocycles. The molecule has 2 heterocycles. The van der Waals surface area contributed by atoms with Crippen LogP contribution >= 0.6 is 0 Å². The van der Waals surface area contributed by atoms with Crippen LogP contribution in [0.1, 0.15) is 111 Å². The number of aromatic nitrogens is 3. The van der Waals surface area contributed by atoms with E-state index in [0.717, 1.165) is 66.8 Å². The first-order valence-electron chi connectivity index (χ1n) is 25.7. The molecule has 1 N–H and O–H groups in total.